The number of para-hydroxylation sites is 1. The van der Waals surface area contributed by atoms with Crippen LogP contribution in [0.2, 0.25) is 0 Å². The summed E-state index contributed by atoms with van der Waals surface area (Å²) in [7, 11) is -3.60. The van der Waals surface area contributed by atoms with Gasteiger partial charge in [-0.2, -0.15) is 14.6 Å². The van der Waals surface area contributed by atoms with Gasteiger partial charge in [-0.3, -0.25) is 10.1 Å². The third kappa shape index (κ3) is 5.97. The van der Waals surface area contributed by atoms with Crippen molar-refractivity contribution in [1.29, 1.82) is 5.26 Å². The molecule has 2 aromatic heterocycles. The van der Waals surface area contributed by atoms with Gasteiger partial charge in [0, 0.05) is 47.0 Å². The van der Waals surface area contributed by atoms with E-state index in [0.717, 1.165) is 46.4 Å². The van der Waals surface area contributed by atoms with Gasteiger partial charge >= 0.3 is 0 Å². The summed E-state index contributed by atoms with van der Waals surface area (Å²) < 4.78 is 34.8. The quantitative estimate of drug-likeness (QED) is 0.198. The first-order valence-corrected chi connectivity index (χ1v) is 13.7. The lowest BCUT2D eigenvalue weighted by Gasteiger charge is -2.08. The number of nitriles is 1. The molecular weight excluding hydrogens is 498 g/mol. The van der Waals surface area contributed by atoms with Crippen LogP contribution in [0.4, 0.5) is 5.13 Å². The van der Waals surface area contributed by atoms with E-state index in [1.807, 2.05) is 67.7 Å². The second-order valence-electron chi connectivity index (χ2n) is 8.09. The van der Waals surface area contributed by atoms with E-state index >= 15 is 0 Å². The Balaban J connectivity index is 1.50. The topological polar surface area (TPSA) is 127 Å². The minimum atomic E-state index is -3.60. The highest BCUT2D eigenvalue weighted by atomic mass is 32.2. The van der Waals surface area contributed by atoms with Gasteiger partial charge in [0.2, 0.25) is 15.0 Å². The molecule has 0 fully saturated rings. The molecule has 184 valence electrons. The van der Waals surface area contributed by atoms with Gasteiger partial charge in [0.25, 0.3) is 11.1 Å². The highest BCUT2D eigenvalue weighted by Gasteiger charge is 2.18. The molecule has 0 spiro atoms. The monoisotopic (exact) mass is 521 g/mol. The summed E-state index contributed by atoms with van der Waals surface area (Å²) in [5, 5.41) is 12.6. The van der Waals surface area contributed by atoms with Crippen LogP contribution in [0.25, 0.3) is 17.0 Å². The second-order valence-corrected chi connectivity index (χ2v) is 10.8. The van der Waals surface area contributed by atoms with E-state index in [-0.39, 0.29) is 15.9 Å². The third-order valence-corrected chi connectivity index (χ3v) is 6.84. The van der Waals surface area contributed by atoms with Crippen molar-refractivity contribution in [1.82, 2.24) is 13.9 Å². The summed E-state index contributed by atoms with van der Waals surface area (Å²) in [4.78, 5) is 16.5. The SMILES string of the molecule is Cc1cccc(OCCCn2cc(/C=C(/C#N)C(=O)Nc3nc(S(C)(=O)=O)ns3)c3ccccc32)c1. The number of sulfone groups is 1. The standard InChI is InChI=1S/C25H23N5O4S2/c1-17-7-5-8-20(13-17)34-12-6-11-30-16-19(21-9-3-4-10-22(21)30)14-18(15-26)23(31)27-24-28-25(29-35-24)36(2,32)33/h3-5,7-10,13-14,16H,6,11-12H2,1-2H3,(H,27,28,29,31)/b18-14-. The number of hydrogen-bond donors (Lipinski definition) is 1. The molecule has 36 heavy (non-hydrogen) atoms. The van der Waals surface area contributed by atoms with Gasteiger partial charge in [-0.05, 0) is 43.2 Å². The summed E-state index contributed by atoms with van der Waals surface area (Å²) in [5.41, 5.74) is 2.68. The van der Waals surface area contributed by atoms with Gasteiger partial charge in [-0.25, -0.2) is 8.42 Å². The highest BCUT2D eigenvalue weighted by molar-refractivity contribution is 7.90. The molecule has 0 saturated carbocycles. The van der Waals surface area contributed by atoms with Crippen LogP contribution in [0.1, 0.15) is 17.5 Å². The number of fused-ring (bicyclic) bond motifs is 1. The number of nitrogens with one attached hydrogen (secondary N) is 1. The Hall–Kier alpha value is -4.01. The number of aromatic nitrogens is 3. The summed E-state index contributed by atoms with van der Waals surface area (Å²) in [6, 6.07) is 17.5. The van der Waals surface area contributed by atoms with Crippen molar-refractivity contribution < 1.29 is 17.9 Å². The molecular formula is C25H23N5O4S2. The van der Waals surface area contributed by atoms with Gasteiger partial charge in [-0.15, -0.1) is 0 Å². The molecule has 0 aliphatic carbocycles. The predicted molar refractivity (Wildman–Crippen MR) is 138 cm³/mol. The van der Waals surface area contributed by atoms with E-state index in [9.17, 15) is 18.5 Å². The summed E-state index contributed by atoms with van der Waals surface area (Å²) >= 11 is 0.731. The van der Waals surface area contributed by atoms with Gasteiger partial charge in [0.15, 0.2) is 0 Å². The molecule has 0 aliphatic heterocycles. The zero-order valence-electron chi connectivity index (χ0n) is 19.6. The molecule has 1 N–H and O–H groups in total. The average molecular weight is 522 g/mol. The van der Waals surface area contributed by atoms with Crippen LogP contribution < -0.4 is 10.1 Å². The summed E-state index contributed by atoms with van der Waals surface area (Å²) in [5.74, 6) is 0.136. The van der Waals surface area contributed by atoms with Gasteiger partial charge in [0.05, 0.1) is 6.61 Å². The molecule has 1 amide bonds. The molecule has 4 rings (SSSR count). The van der Waals surface area contributed by atoms with E-state index in [1.54, 1.807) is 0 Å². The number of benzene rings is 2. The van der Waals surface area contributed by atoms with Crippen molar-refractivity contribution in [2.75, 3.05) is 18.2 Å². The molecule has 0 unspecified atom stereocenters. The van der Waals surface area contributed by atoms with Crippen molar-refractivity contribution in [3.05, 3.63) is 71.4 Å². The lowest BCUT2D eigenvalue weighted by molar-refractivity contribution is -0.112. The summed E-state index contributed by atoms with van der Waals surface area (Å²) in [6.07, 6.45) is 5.15. The van der Waals surface area contributed by atoms with Crippen LogP contribution in [0.3, 0.4) is 0 Å². The molecule has 0 saturated heterocycles. The molecule has 0 bridgehead atoms. The fourth-order valence-corrected chi connectivity index (χ4v) is 5.02. The van der Waals surface area contributed by atoms with Gasteiger partial charge < -0.3 is 9.30 Å². The highest BCUT2D eigenvalue weighted by Crippen LogP contribution is 2.25. The molecule has 0 aliphatic rings. The number of carbonyl (C=O) groups is 1. The van der Waals surface area contributed by atoms with Crippen molar-refractivity contribution in [3.8, 4) is 11.8 Å². The van der Waals surface area contributed by atoms with E-state index in [2.05, 4.69) is 19.2 Å². The molecule has 11 heteroatoms. The van der Waals surface area contributed by atoms with Crippen LogP contribution >= 0.6 is 11.5 Å². The van der Waals surface area contributed by atoms with E-state index in [0.29, 0.717) is 18.7 Å². The third-order valence-electron chi connectivity index (χ3n) is 5.25. The predicted octanol–water partition coefficient (Wildman–Crippen LogP) is 4.22. The Kier molecular flexibility index (Phi) is 7.47. The molecule has 0 radical (unpaired) electrons. The zero-order valence-corrected chi connectivity index (χ0v) is 21.3. The Morgan fingerprint density at radius 3 is 2.78 bits per heavy atom. The first kappa shape index (κ1) is 25.1. The number of hydrogen-bond acceptors (Lipinski definition) is 8. The maximum absolute atomic E-state index is 12.7. The fraction of sp³-hybridized carbons (Fsp3) is 0.200. The largest absolute Gasteiger partial charge is 0.494 e. The smallest absolute Gasteiger partial charge is 0.268 e. The number of carbonyl (C=O) groups excluding carboxylic acids is 1. The van der Waals surface area contributed by atoms with Gasteiger partial charge in [-0.1, -0.05) is 30.3 Å². The maximum atomic E-state index is 12.7. The molecule has 2 heterocycles. The van der Waals surface area contributed by atoms with Crippen LogP contribution in [-0.4, -0.2) is 41.1 Å². The lowest BCUT2D eigenvalue weighted by Crippen LogP contribution is -2.13. The fourth-order valence-electron chi connectivity index (χ4n) is 3.59. The molecule has 0 atom stereocenters. The van der Waals surface area contributed by atoms with E-state index in [4.69, 9.17) is 4.74 Å². The van der Waals surface area contributed by atoms with Crippen molar-refractivity contribution in [2.24, 2.45) is 0 Å². The summed E-state index contributed by atoms with van der Waals surface area (Å²) in [6.45, 7) is 3.25. The normalized spacial score (nSPS) is 11.9. The second kappa shape index (κ2) is 10.7. The molecule has 2 aromatic carbocycles. The first-order valence-electron chi connectivity index (χ1n) is 11.0. The number of amides is 1. The number of anilines is 1. The number of nitrogens with zero attached hydrogens (tertiary/aromatic N) is 4. The van der Waals surface area contributed by atoms with Crippen LogP contribution in [0, 0.1) is 18.3 Å². The Morgan fingerprint density at radius 2 is 2.06 bits per heavy atom. The van der Waals surface area contributed by atoms with Crippen molar-refractivity contribution in [3.63, 3.8) is 0 Å². The van der Waals surface area contributed by atoms with Crippen LogP contribution in [-0.2, 0) is 21.2 Å². The van der Waals surface area contributed by atoms with Crippen LogP contribution in [0.5, 0.6) is 5.75 Å². The van der Waals surface area contributed by atoms with Gasteiger partial charge in [0.1, 0.15) is 17.4 Å². The van der Waals surface area contributed by atoms with Crippen molar-refractivity contribution >= 4 is 49.4 Å². The average Bonchev–Trinajstić information content (AvgIpc) is 3.45. The molecule has 9 nitrogen and oxygen atoms in total. The van der Waals surface area contributed by atoms with Crippen LogP contribution in [0.15, 0.2) is 65.5 Å². The Morgan fingerprint density at radius 1 is 1.25 bits per heavy atom. The van der Waals surface area contributed by atoms with E-state index < -0.39 is 15.7 Å². The van der Waals surface area contributed by atoms with E-state index in [1.165, 1.54) is 6.08 Å². The first-order chi connectivity index (χ1) is 17.2. The maximum Gasteiger partial charge on any atom is 0.268 e. The Bertz CT molecular complexity index is 1600. The number of ether oxygens (including phenoxy) is 1. The number of aryl methyl sites for hydroxylation is 2. The number of rotatable bonds is 9. The minimum Gasteiger partial charge on any atom is -0.494 e. The Labute approximate surface area is 212 Å². The molecule has 4 aromatic rings. The lowest BCUT2D eigenvalue weighted by atomic mass is 10.1. The van der Waals surface area contributed by atoms with Crippen molar-refractivity contribution in [2.45, 2.75) is 25.0 Å². The zero-order chi connectivity index (χ0) is 25.7. The minimum absolute atomic E-state index is 0.00221.